The summed E-state index contributed by atoms with van der Waals surface area (Å²) < 4.78 is 10.7. The highest BCUT2D eigenvalue weighted by atomic mass is 16.6. The Balaban J connectivity index is 1.71. The summed E-state index contributed by atoms with van der Waals surface area (Å²) in [5.74, 6) is -0.0846. The molecule has 1 fully saturated rings. The van der Waals surface area contributed by atoms with E-state index in [1.807, 2.05) is 37.3 Å². The van der Waals surface area contributed by atoms with Crippen molar-refractivity contribution in [1.29, 1.82) is 0 Å². The van der Waals surface area contributed by atoms with Gasteiger partial charge in [-0.15, -0.1) is 0 Å². The van der Waals surface area contributed by atoms with Gasteiger partial charge in [-0.05, 0) is 12.0 Å². The van der Waals surface area contributed by atoms with E-state index < -0.39 is 0 Å². The maximum Gasteiger partial charge on any atom is 0.309 e. The minimum Gasteiger partial charge on any atom is -0.460 e. The second-order valence-electron chi connectivity index (χ2n) is 4.20. The van der Waals surface area contributed by atoms with Crippen molar-refractivity contribution in [1.82, 2.24) is 0 Å². The molecule has 0 amide bonds. The first kappa shape index (κ1) is 11.1. The van der Waals surface area contributed by atoms with E-state index in [0.717, 1.165) is 12.0 Å². The third kappa shape index (κ3) is 2.83. The summed E-state index contributed by atoms with van der Waals surface area (Å²) in [7, 11) is 0. The zero-order valence-corrected chi connectivity index (χ0v) is 9.39. The normalized spacial score (nSPS) is 24.4. The lowest BCUT2D eigenvalue weighted by molar-refractivity contribution is -0.145. The molecule has 1 saturated heterocycles. The fraction of sp³-hybridized carbons (Fsp3) is 0.462. The highest BCUT2D eigenvalue weighted by Gasteiger charge is 2.30. The Labute approximate surface area is 95.4 Å². The number of hydrogen-bond donors (Lipinski definition) is 0. The Bertz CT molecular complexity index is 347. The van der Waals surface area contributed by atoms with Gasteiger partial charge in [-0.1, -0.05) is 37.3 Å². The van der Waals surface area contributed by atoms with E-state index in [-0.39, 0.29) is 18.0 Å². The largest absolute Gasteiger partial charge is 0.460 e. The first-order valence-electron chi connectivity index (χ1n) is 5.58. The molecule has 2 atom stereocenters. The fourth-order valence-electron chi connectivity index (χ4n) is 1.80. The number of esters is 1. The van der Waals surface area contributed by atoms with Crippen molar-refractivity contribution >= 4 is 5.97 Å². The summed E-state index contributed by atoms with van der Waals surface area (Å²) in [5.41, 5.74) is 1.14. The number of cyclic esters (lactones) is 1. The molecule has 1 aliphatic rings. The van der Waals surface area contributed by atoms with Gasteiger partial charge in [-0.25, -0.2) is 0 Å². The third-order valence-corrected chi connectivity index (χ3v) is 2.72. The van der Waals surface area contributed by atoms with Crippen LogP contribution in [0.1, 0.15) is 18.9 Å². The molecule has 1 aromatic rings. The molecule has 0 aliphatic carbocycles. The molecule has 0 N–H and O–H groups in total. The molecular formula is C13H16O3. The zero-order valence-electron chi connectivity index (χ0n) is 9.39. The predicted molar refractivity (Wildman–Crippen MR) is 59.8 cm³/mol. The molecule has 3 heteroatoms. The Morgan fingerprint density at radius 1 is 1.38 bits per heavy atom. The van der Waals surface area contributed by atoms with Gasteiger partial charge in [0, 0.05) is 0 Å². The average molecular weight is 220 g/mol. The molecule has 0 radical (unpaired) electrons. The molecule has 1 aromatic carbocycles. The second kappa shape index (κ2) is 5.12. The number of carbonyl (C=O) groups excluding carboxylic acids is 1. The van der Waals surface area contributed by atoms with E-state index in [1.165, 1.54) is 0 Å². The summed E-state index contributed by atoms with van der Waals surface area (Å²) in [6, 6.07) is 9.98. The summed E-state index contributed by atoms with van der Waals surface area (Å²) in [4.78, 5) is 11.1. The van der Waals surface area contributed by atoms with Crippen LogP contribution in [0, 0.1) is 5.92 Å². The molecule has 86 valence electrons. The first-order valence-corrected chi connectivity index (χ1v) is 5.58. The van der Waals surface area contributed by atoms with Crippen molar-refractivity contribution in [2.24, 2.45) is 5.92 Å². The van der Waals surface area contributed by atoms with Crippen LogP contribution in [0.15, 0.2) is 30.3 Å². The number of carbonyl (C=O) groups is 1. The molecule has 1 heterocycles. The molecule has 0 bridgehead atoms. The van der Waals surface area contributed by atoms with Crippen molar-refractivity contribution in [2.45, 2.75) is 26.1 Å². The van der Waals surface area contributed by atoms with E-state index >= 15 is 0 Å². The quantitative estimate of drug-likeness (QED) is 0.729. The standard InChI is InChI=1S/C13H16O3/c1-10-7-12(16-13(10)14)9-15-8-11-5-3-2-4-6-11/h2-6,10,12H,7-9H2,1H3/t10-,12+/m1/s1. The van der Waals surface area contributed by atoms with Crippen molar-refractivity contribution in [3.8, 4) is 0 Å². The van der Waals surface area contributed by atoms with Crippen LogP contribution in [0.5, 0.6) is 0 Å². The van der Waals surface area contributed by atoms with E-state index in [4.69, 9.17) is 9.47 Å². The minimum absolute atomic E-state index is 0.0188. The van der Waals surface area contributed by atoms with E-state index in [1.54, 1.807) is 0 Å². The third-order valence-electron chi connectivity index (χ3n) is 2.72. The van der Waals surface area contributed by atoms with Crippen LogP contribution in [0.25, 0.3) is 0 Å². The van der Waals surface area contributed by atoms with Crippen molar-refractivity contribution in [3.63, 3.8) is 0 Å². The SMILES string of the molecule is C[C@@H]1C[C@@H](COCc2ccccc2)OC1=O. The predicted octanol–water partition coefficient (Wildman–Crippen LogP) is 2.15. The van der Waals surface area contributed by atoms with Gasteiger partial charge in [-0.2, -0.15) is 0 Å². The fourth-order valence-corrected chi connectivity index (χ4v) is 1.80. The topological polar surface area (TPSA) is 35.5 Å². The van der Waals surface area contributed by atoms with Crippen molar-refractivity contribution in [3.05, 3.63) is 35.9 Å². The Hall–Kier alpha value is -1.35. The first-order chi connectivity index (χ1) is 7.75. The smallest absolute Gasteiger partial charge is 0.309 e. The highest BCUT2D eigenvalue weighted by molar-refractivity contribution is 5.74. The molecule has 16 heavy (non-hydrogen) atoms. The second-order valence-corrected chi connectivity index (χ2v) is 4.20. The average Bonchev–Trinajstić information content (AvgIpc) is 2.60. The van der Waals surface area contributed by atoms with Gasteiger partial charge in [0.05, 0.1) is 19.1 Å². The molecular weight excluding hydrogens is 204 g/mol. The molecule has 0 saturated carbocycles. The highest BCUT2D eigenvalue weighted by Crippen LogP contribution is 2.20. The van der Waals surface area contributed by atoms with Gasteiger partial charge in [0.25, 0.3) is 0 Å². The van der Waals surface area contributed by atoms with Crippen LogP contribution in [-0.2, 0) is 20.9 Å². The Kier molecular flexibility index (Phi) is 3.57. The summed E-state index contributed by atoms with van der Waals surface area (Å²) in [6.45, 7) is 2.95. The molecule has 2 rings (SSSR count). The van der Waals surface area contributed by atoms with E-state index in [0.29, 0.717) is 13.2 Å². The zero-order chi connectivity index (χ0) is 11.4. The van der Waals surface area contributed by atoms with Crippen LogP contribution < -0.4 is 0 Å². The minimum atomic E-state index is -0.103. The lowest BCUT2D eigenvalue weighted by atomic mass is 10.1. The molecule has 0 spiro atoms. The maximum atomic E-state index is 11.1. The van der Waals surface area contributed by atoms with Crippen molar-refractivity contribution in [2.75, 3.05) is 6.61 Å². The lowest BCUT2D eigenvalue weighted by Gasteiger charge is -2.09. The van der Waals surface area contributed by atoms with Gasteiger partial charge in [0.1, 0.15) is 6.10 Å². The van der Waals surface area contributed by atoms with Gasteiger partial charge in [-0.3, -0.25) is 4.79 Å². The van der Waals surface area contributed by atoms with Crippen LogP contribution >= 0.6 is 0 Å². The number of hydrogen-bond acceptors (Lipinski definition) is 3. The lowest BCUT2D eigenvalue weighted by Crippen LogP contribution is -2.14. The molecule has 3 nitrogen and oxygen atoms in total. The number of benzene rings is 1. The van der Waals surface area contributed by atoms with Gasteiger partial charge in [0.15, 0.2) is 0 Å². The summed E-state index contributed by atoms with van der Waals surface area (Å²) in [6.07, 6.45) is 0.708. The molecule has 1 aliphatic heterocycles. The molecule has 0 unspecified atom stereocenters. The van der Waals surface area contributed by atoms with Crippen LogP contribution in [-0.4, -0.2) is 18.7 Å². The number of rotatable bonds is 4. The Morgan fingerprint density at radius 2 is 2.12 bits per heavy atom. The van der Waals surface area contributed by atoms with Crippen LogP contribution in [0.3, 0.4) is 0 Å². The monoisotopic (exact) mass is 220 g/mol. The van der Waals surface area contributed by atoms with Gasteiger partial charge >= 0.3 is 5.97 Å². The van der Waals surface area contributed by atoms with Crippen LogP contribution in [0.2, 0.25) is 0 Å². The van der Waals surface area contributed by atoms with E-state index in [9.17, 15) is 4.79 Å². The Morgan fingerprint density at radius 3 is 2.75 bits per heavy atom. The van der Waals surface area contributed by atoms with Gasteiger partial charge in [0.2, 0.25) is 0 Å². The van der Waals surface area contributed by atoms with Crippen LogP contribution in [0.4, 0.5) is 0 Å². The van der Waals surface area contributed by atoms with Gasteiger partial charge < -0.3 is 9.47 Å². The molecule has 0 aromatic heterocycles. The maximum absolute atomic E-state index is 11.1. The number of ether oxygens (including phenoxy) is 2. The summed E-state index contributed by atoms with van der Waals surface area (Å²) in [5, 5.41) is 0. The van der Waals surface area contributed by atoms with E-state index in [2.05, 4.69) is 0 Å². The van der Waals surface area contributed by atoms with Crippen molar-refractivity contribution < 1.29 is 14.3 Å². The summed E-state index contributed by atoms with van der Waals surface area (Å²) >= 11 is 0.